The lowest BCUT2D eigenvalue weighted by Gasteiger charge is -2.32. The van der Waals surface area contributed by atoms with Crippen LogP contribution in [-0.2, 0) is 4.74 Å². The SMILES string of the molecule is CCCOC1CCCN(C(=O)c2ncoc2-c2cccs2)C1. The van der Waals surface area contributed by atoms with Gasteiger partial charge in [0.15, 0.2) is 17.8 Å². The maximum absolute atomic E-state index is 12.7. The van der Waals surface area contributed by atoms with Gasteiger partial charge in [0.1, 0.15) is 0 Å². The van der Waals surface area contributed by atoms with Gasteiger partial charge in [-0.25, -0.2) is 4.98 Å². The van der Waals surface area contributed by atoms with Gasteiger partial charge in [-0.3, -0.25) is 4.79 Å². The van der Waals surface area contributed by atoms with E-state index in [0.717, 1.165) is 37.3 Å². The highest BCUT2D eigenvalue weighted by Gasteiger charge is 2.28. The largest absolute Gasteiger partial charge is 0.442 e. The Bertz CT molecular complexity index is 609. The molecule has 2 aromatic rings. The Kier molecular flexibility index (Phi) is 4.90. The van der Waals surface area contributed by atoms with Crippen molar-refractivity contribution >= 4 is 17.2 Å². The van der Waals surface area contributed by atoms with Crippen LogP contribution >= 0.6 is 11.3 Å². The number of likely N-dealkylation sites (tertiary alicyclic amines) is 1. The van der Waals surface area contributed by atoms with Crippen molar-refractivity contribution in [2.45, 2.75) is 32.3 Å². The van der Waals surface area contributed by atoms with E-state index in [2.05, 4.69) is 11.9 Å². The molecule has 1 amide bonds. The van der Waals surface area contributed by atoms with Crippen LogP contribution in [0.3, 0.4) is 0 Å². The third-order valence-corrected chi connectivity index (χ3v) is 4.61. The fraction of sp³-hybridized carbons (Fsp3) is 0.500. The van der Waals surface area contributed by atoms with Gasteiger partial charge in [0, 0.05) is 19.7 Å². The van der Waals surface area contributed by atoms with Crippen molar-refractivity contribution in [1.29, 1.82) is 0 Å². The number of carbonyl (C=O) groups excluding carboxylic acids is 1. The van der Waals surface area contributed by atoms with Gasteiger partial charge in [-0.15, -0.1) is 11.3 Å². The maximum Gasteiger partial charge on any atom is 0.276 e. The van der Waals surface area contributed by atoms with Crippen LogP contribution in [0.5, 0.6) is 0 Å². The van der Waals surface area contributed by atoms with Crippen molar-refractivity contribution in [2.75, 3.05) is 19.7 Å². The minimum Gasteiger partial charge on any atom is -0.442 e. The molecular weight excluding hydrogens is 300 g/mol. The Morgan fingerprint density at radius 3 is 3.27 bits per heavy atom. The molecule has 1 fully saturated rings. The third-order valence-electron chi connectivity index (χ3n) is 3.74. The Labute approximate surface area is 133 Å². The molecule has 0 N–H and O–H groups in total. The number of ether oxygens (including phenoxy) is 1. The van der Waals surface area contributed by atoms with E-state index in [1.807, 2.05) is 22.4 Å². The van der Waals surface area contributed by atoms with Crippen LogP contribution in [0.2, 0.25) is 0 Å². The summed E-state index contributed by atoms with van der Waals surface area (Å²) >= 11 is 1.54. The summed E-state index contributed by atoms with van der Waals surface area (Å²) in [4.78, 5) is 19.7. The highest BCUT2D eigenvalue weighted by atomic mass is 32.1. The smallest absolute Gasteiger partial charge is 0.276 e. The van der Waals surface area contributed by atoms with Gasteiger partial charge < -0.3 is 14.1 Å². The van der Waals surface area contributed by atoms with Gasteiger partial charge >= 0.3 is 0 Å². The summed E-state index contributed by atoms with van der Waals surface area (Å²) in [6, 6.07) is 3.87. The number of thiophene rings is 1. The number of rotatable bonds is 5. The van der Waals surface area contributed by atoms with Gasteiger partial charge in [0.05, 0.1) is 11.0 Å². The molecule has 3 rings (SSSR count). The van der Waals surface area contributed by atoms with Crippen molar-refractivity contribution in [2.24, 2.45) is 0 Å². The van der Waals surface area contributed by atoms with Crippen molar-refractivity contribution in [3.05, 3.63) is 29.6 Å². The molecule has 0 spiro atoms. The summed E-state index contributed by atoms with van der Waals surface area (Å²) in [7, 11) is 0. The Hall–Kier alpha value is -1.66. The van der Waals surface area contributed by atoms with Gasteiger partial charge in [0.25, 0.3) is 5.91 Å². The molecule has 0 saturated carbocycles. The first-order chi connectivity index (χ1) is 10.8. The van der Waals surface area contributed by atoms with E-state index in [0.29, 0.717) is 18.0 Å². The Balaban J connectivity index is 1.73. The van der Waals surface area contributed by atoms with Gasteiger partial charge in [0.2, 0.25) is 0 Å². The number of carbonyl (C=O) groups is 1. The van der Waals surface area contributed by atoms with Crippen LogP contribution in [0, 0.1) is 0 Å². The van der Waals surface area contributed by atoms with E-state index < -0.39 is 0 Å². The van der Waals surface area contributed by atoms with Crippen LogP contribution in [-0.4, -0.2) is 41.6 Å². The highest BCUT2D eigenvalue weighted by Crippen LogP contribution is 2.29. The predicted molar refractivity (Wildman–Crippen MR) is 85.0 cm³/mol. The van der Waals surface area contributed by atoms with Crippen molar-refractivity contribution < 1.29 is 13.9 Å². The van der Waals surface area contributed by atoms with Crippen LogP contribution < -0.4 is 0 Å². The molecule has 5 nitrogen and oxygen atoms in total. The van der Waals surface area contributed by atoms with Crippen LogP contribution in [0.4, 0.5) is 0 Å². The molecule has 1 aliphatic heterocycles. The molecule has 0 aromatic carbocycles. The second-order valence-electron chi connectivity index (χ2n) is 5.39. The molecule has 0 radical (unpaired) electrons. The fourth-order valence-electron chi connectivity index (χ4n) is 2.67. The standard InChI is InChI=1S/C16H20N2O3S/c1-2-8-20-12-5-3-7-18(10-12)16(19)14-15(21-11-17-14)13-6-4-9-22-13/h4,6,9,11-12H,2-3,5,7-8,10H2,1H3. The molecule has 118 valence electrons. The summed E-state index contributed by atoms with van der Waals surface area (Å²) in [5.74, 6) is 0.499. The number of piperidine rings is 1. The number of oxazole rings is 1. The lowest BCUT2D eigenvalue weighted by molar-refractivity contribution is 0.00195. The quantitative estimate of drug-likeness (QED) is 0.847. The first-order valence-corrected chi connectivity index (χ1v) is 8.55. The van der Waals surface area contributed by atoms with Crippen LogP contribution in [0.15, 0.2) is 28.3 Å². The van der Waals surface area contributed by atoms with E-state index in [-0.39, 0.29) is 12.0 Å². The molecule has 6 heteroatoms. The molecule has 1 atom stereocenters. The lowest BCUT2D eigenvalue weighted by atomic mass is 10.1. The fourth-order valence-corrected chi connectivity index (χ4v) is 3.39. The van der Waals surface area contributed by atoms with Gasteiger partial charge in [-0.2, -0.15) is 0 Å². The number of amides is 1. The summed E-state index contributed by atoms with van der Waals surface area (Å²) in [6.07, 6.45) is 4.45. The third kappa shape index (κ3) is 3.23. The zero-order valence-electron chi connectivity index (χ0n) is 12.7. The number of aromatic nitrogens is 1. The van der Waals surface area contributed by atoms with E-state index in [1.165, 1.54) is 6.39 Å². The van der Waals surface area contributed by atoms with Crippen molar-refractivity contribution in [1.82, 2.24) is 9.88 Å². The van der Waals surface area contributed by atoms with E-state index >= 15 is 0 Å². The monoisotopic (exact) mass is 320 g/mol. The van der Waals surface area contributed by atoms with Gasteiger partial charge in [-0.05, 0) is 30.7 Å². The van der Waals surface area contributed by atoms with Crippen molar-refractivity contribution in [3.63, 3.8) is 0 Å². The molecular formula is C16H20N2O3S. The first-order valence-electron chi connectivity index (χ1n) is 7.67. The molecule has 3 heterocycles. The number of hydrogen-bond donors (Lipinski definition) is 0. The second-order valence-corrected chi connectivity index (χ2v) is 6.34. The summed E-state index contributed by atoms with van der Waals surface area (Å²) in [5.41, 5.74) is 0.401. The predicted octanol–water partition coefficient (Wildman–Crippen LogP) is 3.43. The zero-order valence-corrected chi connectivity index (χ0v) is 13.5. The van der Waals surface area contributed by atoms with Crippen LogP contribution in [0.1, 0.15) is 36.7 Å². The molecule has 1 unspecified atom stereocenters. The highest BCUT2D eigenvalue weighted by molar-refractivity contribution is 7.13. The van der Waals surface area contributed by atoms with Gasteiger partial charge in [-0.1, -0.05) is 13.0 Å². The molecule has 22 heavy (non-hydrogen) atoms. The first kappa shape index (κ1) is 15.2. The summed E-state index contributed by atoms with van der Waals surface area (Å²) < 4.78 is 11.2. The van der Waals surface area contributed by atoms with Crippen molar-refractivity contribution in [3.8, 4) is 10.6 Å². The lowest BCUT2D eigenvalue weighted by Crippen LogP contribution is -2.43. The van der Waals surface area contributed by atoms with E-state index in [9.17, 15) is 4.79 Å². The Morgan fingerprint density at radius 1 is 1.59 bits per heavy atom. The Morgan fingerprint density at radius 2 is 2.50 bits per heavy atom. The van der Waals surface area contributed by atoms with E-state index in [4.69, 9.17) is 9.15 Å². The topological polar surface area (TPSA) is 55.6 Å². The second kappa shape index (κ2) is 7.07. The summed E-state index contributed by atoms with van der Waals surface area (Å²) in [5, 5.41) is 1.96. The number of nitrogens with zero attached hydrogens (tertiary/aromatic N) is 2. The molecule has 2 aromatic heterocycles. The number of hydrogen-bond acceptors (Lipinski definition) is 5. The molecule has 0 aliphatic carbocycles. The van der Waals surface area contributed by atoms with E-state index in [1.54, 1.807) is 11.3 Å². The zero-order chi connectivity index (χ0) is 15.4. The molecule has 1 aliphatic rings. The average Bonchev–Trinajstić information content (AvgIpc) is 3.22. The normalized spacial score (nSPS) is 18.6. The van der Waals surface area contributed by atoms with Crippen LogP contribution in [0.25, 0.3) is 10.6 Å². The molecule has 0 bridgehead atoms. The summed E-state index contributed by atoms with van der Waals surface area (Å²) in [6.45, 7) is 4.22. The minimum atomic E-state index is -0.0676. The minimum absolute atomic E-state index is 0.0676. The average molecular weight is 320 g/mol. The molecule has 1 saturated heterocycles. The maximum atomic E-state index is 12.7.